The van der Waals surface area contributed by atoms with Crippen molar-refractivity contribution in [2.24, 2.45) is 0 Å². The van der Waals surface area contributed by atoms with Gasteiger partial charge in [-0.3, -0.25) is 4.57 Å². The third kappa shape index (κ3) is 1.80. The maximum absolute atomic E-state index is 6.17. The molecule has 1 aliphatic carbocycles. The van der Waals surface area contributed by atoms with Crippen LogP contribution in [0.3, 0.4) is 0 Å². The maximum Gasteiger partial charge on any atom is 0.245 e. The molecule has 0 fully saturated rings. The zero-order valence-electron chi connectivity index (χ0n) is 11.6. The highest BCUT2D eigenvalue weighted by molar-refractivity contribution is 7.10. The largest absolute Gasteiger partial charge is 0.479 e. The van der Waals surface area contributed by atoms with Crippen molar-refractivity contribution in [1.82, 2.24) is 19.5 Å². The van der Waals surface area contributed by atoms with Crippen molar-refractivity contribution < 1.29 is 4.74 Å². The topological polar surface area (TPSA) is 78.8 Å². The Morgan fingerprint density at radius 1 is 1.43 bits per heavy atom. The van der Waals surface area contributed by atoms with Gasteiger partial charge in [-0.05, 0) is 36.3 Å². The number of hydrogen-bond acceptors (Lipinski definition) is 6. The zero-order chi connectivity index (χ0) is 14.4. The number of imidazole rings is 1. The predicted octanol–water partition coefficient (Wildman–Crippen LogP) is 2.40. The van der Waals surface area contributed by atoms with Gasteiger partial charge in [-0.1, -0.05) is 0 Å². The van der Waals surface area contributed by atoms with Gasteiger partial charge in [0.1, 0.15) is 6.33 Å². The Labute approximate surface area is 125 Å². The average molecular weight is 301 g/mol. The molecule has 3 aromatic rings. The van der Waals surface area contributed by atoms with Crippen molar-refractivity contribution in [3.63, 3.8) is 0 Å². The summed E-state index contributed by atoms with van der Waals surface area (Å²) in [5.41, 5.74) is 8.87. The van der Waals surface area contributed by atoms with E-state index in [1.165, 1.54) is 16.8 Å². The monoisotopic (exact) mass is 301 g/mol. The Morgan fingerprint density at radius 2 is 2.33 bits per heavy atom. The van der Waals surface area contributed by atoms with Crippen LogP contribution in [0, 0.1) is 0 Å². The molecule has 0 saturated carbocycles. The Kier molecular flexibility index (Phi) is 2.81. The molecule has 0 bridgehead atoms. The molecule has 3 heterocycles. The number of nitrogens with two attached hydrogens (primary N) is 1. The fourth-order valence-corrected chi connectivity index (χ4v) is 4.07. The highest BCUT2D eigenvalue weighted by atomic mass is 32.1. The summed E-state index contributed by atoms with van der Waals surface area (Å²) in [4.78, 5) is 14.3. The van der Waals surface area contributed by atoms with E-state index < -0.39 is 0 Å². The van der Waals surface area contributed by atoms with Crippen molar-refractivity contribution in [1.29, 1.82) is 0 Å². The third-order valence-electron chi connectivity index (χ3n) is 4.00. The number of hydrogen-bond donors (Lipinski definition) is 1. The number of fused-ring (bicyclic) bond motifs is 2. The quantitative estimate of drug-likeness (QED) is 0.786. The number of thiophene rings is 1. The van der Waals surface area contributed by atoms with Crippen molar-refractivity contribution >= 4 is 28.4 Å². The molecule has 3 aromatic heterocycles. The maximum atomic E-state index is 6.17. The van der Waals surface area contributed by atoms with Gasteiger partial charge in [-0.2, -0.15) is 4.98 Å². The molecule has 1 unspecified atom stereocenters. The van der Waals surface area contributed by atoms with E-state index in [4.69, 9.17) is 10.5 Å². The minimum atomic E-state index is 0.199. The summed E-state index contributed by atoms with van der Waals surface area (Å²) in [6.07, 6.45) is 4.84. The Hall–Kier alpha value is -2.15. The molecule has 1 atom stereocenters. The lowest BCUT2D eigenvalue weighted by Crippen LogP contribution is -2.17. The highest BCUT2D eigenvalue weighted by Crippen LogP contribution is 2.39. The molecule has 6 nitrogen and oxygen atoms in total. The summed E-state index contributed by atoms with van der Waals surface area (Å²) >= 11 is 1.81. The van der Waals surface area contributed by atoms with Crippen LogP contribution in [-0.4, -0.2) is 26.6 Å². The van der Waals surface area contributed by atoms with Crippen molar-refractivity contribution in [3.8, 4) is 5.88 Å². The van der Waals surface area contributed by atoms with E-state index in [2.05, 4.69) is 26.4 Å². The van der Waals surface area contributed by atoms with E-state index >= 15 is 0 Å². The molecular weight excluding hydrogens is 286 g/mol. The second-order valence-electron chi connectivity index (χ2n) is 5.10. The van der Waals surface area contributed by atoms with Gasteiger partial charge in [0.15, 0.2) is 11.2 Å². The van der Waals surface area contributed by atoms with E-state index in [0.29, 0.717) is 17.3 Å². The van der Waals surface area contributed by atoms with Crippen LogP contribution in [0.25, 0.3) is 11.2 Å². The van der Waals surface area contributed by atoms with Gasteiger partial charge in [0.05, 0.1) is 13.2 Å². The van der Waals surface area contributed by atoms with Gasteiger partial charge in [0, 0.05) is 4.88 Å². The second kappa shape index (κ2) is 4.70. The normalized spacial score (nSPS) is 17.9. The molecule has 0 saturated heterocycles. The molecule has 0 radical (unpaired) electrons. The Morgan fingerprint density at radius 3 is 3.19 bits per heavy atom. The number of ether oxygens (including phenoxy) is 1. The fraction of sp³-hybridized carbons (Fsp3) is 0.357. The fourth-order valence-electron chi connectivity index (χ4n) is 3.09. The van der Waals surface area contributed by atoms with Crippen LogP contribution in [0.4, 0.5) is 5.95 Å². The van der Waals surface area contributed by atoms with Crippen LogP contribution >= 0.6 is 11.3 Å². The minimum absolute atomic E-state index is 0.199. The van der Waals surface area contributed by atoms with Gasteiger partial charge in [-0.15, -0.1) is 11.3 Å². The summed E-state index contributed by atoms with van der Waals surface area (Å²) in [5, 5.41) is 2.15. The molecule has 0 spiro atoms. The van der Waals surface area contributed by atoms with Crippen molar-refractivity contribution in [3.05, 3.63) is 28.2 Å². The Bertz CT molecular complexity index is 809. The summed E-state index contributed by atoms with van der Waals surface area (Å²) < 4.78 is 7.28. The number of nitrogens with zero attached hydrogens (tertiary/aromatic N) is 4. The molecule has 1 aliphatic rings. The lowest BCUT2D eigenvalue weighted by atomic mass is 9.94. The van der Waals surface area contributed by atoms with E-state index in [-0.39, 0.29) is 6.04 Å². The Balaban J connectivity index is 1.94. The van der Waals surface area contributed by atoms with E-state index in [9.17, 15) is 0 Å². The first-order valence-electron chi connectivity index (χ1n) is 6.88. The summed E-state index contributed by atoms with van der Waals surface area (Å²) in [5.74, 6) is 0.930. The van der Waals surface area contributed by atoms with Gasteiger partial charge >= 0.3 is 0 Å². The van der Waals surface area contributed by atoms with E-state index in [0.717, 1.165) is 24.9 Å². The number of anilines is 1. The second-order valence-corrected chi connectivity index (χ2v) is 6.10. The number of nitrogen functional groups attached to an aromatic ring is 1. The van der Waals surface area contributed by atoms with E-state index in [1.807, 2.05) is 15.9 Å². The first-order valence-corrected chi connectivity index (χ1v) is 7.76. The summed E-state index contributed by atoms with van der Waals surface area (Å²) in [7, 11) is 1.58. The molecule has 4 rings (SSSR count). The summed E-state index contributed by atoms with van der Waals surface area (Å²) in [6, 6.07) is 2.39. The van der Waals surface area contributed by atoms with Gasteiger partial charge in [0.2, 0.25) is 11.8 Å². The van der Waals surface area contributed by atoms with Crippen molar-refractivity contribution in [2.45, 2.75) is 25.3 Å². The number of aromatic nitrogens is 4. The van der Waals surface area contributed by atoms with E-state index in [1.54, 1.807) is 7.11 Å². The minimum Gasteiger partial charge on any atom is -0.479 e. The molecule has 0 amide bonds. The van der Waals surface area contributed by atoms with Crippen molar-refractivity contribution in [2.75, 3.05) is 12.8 Å². The predicted molar refractivity (Wildman–Crippen MR) is 81.7 cm³/mol. The molecule has 21 heavy (non-hydrogen) atoms. The zero-order valence-corrected chi connectivity index (χ0v) is 12.4. The molecule has 0 aromatic carbocycles. The molecular formula is C14H15N5OS. The van der Waals surface area contributed by atoms with Gasteiger partial charge in [0.25, 0.3) is 0 Å². The molecule has 2 N–H and O–H groups in total. The standard InChI is InChI=1S/C14H15N5OS/c1-20-13-11-12(16-7-17-13)19(14(15)18-11)9-3-2-4-10-8(9)5-6-21-10/h5-7,9H,2-4H2,1H3,(H2,15,18). The van der Waals surface area contributed by atoms with Crippen LogP contribution in [-0.2, 0) is 6.42 Å². The number of rotatable bonds is 2. The molecule has 108 valence electrons. The number of aryl methyl sites for hydroxylation is 1. The van der Waals surface area contributed by atoms with Crippen LogP contribution in [0.5, 0.6) is 5.88 Å². The lowest BCUT2D eigenvalue weighted by Gasteiger charge is -2.24. The van der Waals surface area contributed by atoms with Crippen LogP contribution < -0.4 is 10.5 Å². The van der Waals surface area contributed by atoms with Gasteiger partial charge < -0.3 is 10.5 Å². The lowest BCUT2D eigenvalue weighted by molar-refractivity contribution is 0.401. The third-order valence-corrected chi connectivity index (χ3v) is 4.99. The van der Waals surface area contributed by atoms with Crippen LogP contribution in [0.1, 0.15) is 29.3 Å². The average Bonchev–Trinajstić information content (AvgIpc) is 3.09. The number of methoxy groups -OCH3 is 1. The van der Waals surface area contributed by atoms with Crippen LogP contribution in [0.2, 0.25) is 0 Å². The summed E-state index contributed by atoms with van der Waals surface area (Å²) in [6.45, 7) is 0. The first kappa shape index (κ1) is 12.6. The first-order chi connectivity index (χ1) is 10.3. The highest BCUT2D eigenvalue weighted by Gasteiger charge is 2.27. The molecule has 7 heteroatoms. The van der Waals surface area contributed by atoms with Gasteiger partial charge in [-0.25, -0.2) is 9.97 Å². The van der Waals surface area contributed by atoms with Crippen LogP contribution in [0.15, 0.2) is 17.8 Å². The SMILES string of the molecule is COc1ncnc2c1nc(N)n2C1CCCc2sccc21. The smallest absolute Gasteiger partial charge is 0.245 e. The molecule has 0 aliphatic heterocycles.